The highest BCUT2D eigenvalue weighted by Crippen LogP contribution is 2.53. The Kier molecular flexibility index (Phi) is 4.90. The van der Waals surface area contributed by atoms with E-state index in [0.717, 1.165) is 56.2 Å². The van der Waals surface area contributed by atoms with Crippen LogP contribution in [0.2, 0.25) is 0 Å². The number of nitrogens with zero attached hydrogens (tertiary/aromatic N) is 4. The van der Waals surface area contributed by atoms with E-state index in [-0.39, 0.29) is 17.1 Å². The van der Waals surface area contributed by atoms with Crippen LogP contribution in [-0.4, -0.2) is 68.4 Å². The predicted octanol–water partition coefficient (Wildman–Crippen LogP) is 2.75. The van der Waals surface area contributed by atoms with Crippen molar-refractivity contribution in [3.05, 3.63) is 53.7 Å². The Hall–Kier alpha value is -2.64. The van der Waals surface area contributed by atoms with Gasteiger partial charge in [0.25, 0.3) is 0 Å². The fourth-order valence-corrected chi connectivity index (χ4v) is 5.48. The molecule has 2 amide bonds. The van der Waals surface area contributed by atoms with Crippen molar-refractivity contribution in [1.82, 2.24) is 15.2 Å². The van der Waals surface area contributed by atoms with Gasteiger partial charge in [-0.15, -0.1) is 0 Å². The van der Waals surface area contributed by atoms with Crippen molar-refractivity contribution < 1.29 is 9.53 Å². The molecule has 0 unspecified atom stereocenters. The van der Waals surface area contributed by atoms with Gasteiger partial charge in [0.2, 0.25) is 0 Å². The maximum Gasteiger partial charge on any atom is 0.322 e. The monoisotopic (exact) mass is 421 g/mol. The van der Waals surface area contributed by atoms with Crippen LogP contribution in [0.3, 0.4) is 0 Å². The first-order valence-corrected chi connectivity index (χ1v) is 11.0. The highest BCUT2D eigenvalue weighted by molar-refractivity contribution is 5.96. The maximum atomic E-state index is 13.0. The van der Waals surface area contributed by atoms with Crippen LogP contribution < -0.4 is 15.1 Å². The van der Waals surface area contributed by atoms with Crippen molar-refractivity contribution >= 4 is 17.5 Å². The number of anilines is 2. The lowest BCUT2D eigenvalue weighted by Crippen LogP contribution is -2.66. The minimum atomic E-state index is -0.202. The summed E-state index contributed by atoms with van der Waals surface area (Å²) in [6, 6.07) is 12.7. The zero-order chi connectivity index (χ0) is 21.6. The van der Waals surface area contributed by atoms with Gasteiger partial charge in [-0.05, 0) is 51.1 Å². The molecule has 2 aromatic rings. The van der Waals surface area contributed by atoms with E-state index in [0.29, 0.717) is 6.54 Å². The van der Waals surface area contributed by atoms with Crippen LogP contribution in [0.1, 0.15) is 24.0 Å². The number of benzene rings is 1. The normalized spacial score (nSPS) is 28.2. The van der Waals surface area contributed by atoms with Gasteiger partial charge in [0.05, 0.1) is 42.7 Å². The van der Waals surface area contributed by atoms with Gasteiger partial charge in [0.1, 0.15) is 5.82 Å². The number of hydrogen-bond acceptors (Lipinski definition) is 5. The first kappa shape index (κ1) is 20.3. The number of rotatable bonds is 4. The van der Waals surface area contributed by atoms with E-state index in [2.05, 4.69) is 77.5 Å². The number of morpholine rings is 1. The molecule has 0 radical (unpaired) electrons. The Morgan fingerprint density at radius 2 is 1.84 bits per heavy atom. The smallest absolute Gasteiger partial charge is 0.322 e. The molecule has 7 nitrogen and oxygen atoms in total. The summed E-state index contributed by atoms with van der Waals surface area (Å²) in [5.74, 6) is 0.957. The van der Waals surface area contributed by atoms with Crippen LogP contribution in [0.5, 0.6) is 0 Å². The van der Waals surface area contributed by atoms with Gasteiger partial charge < -0.3 is 15.0 Å². The van der Waals surface area contributed by atoms with E-state index in [9.17, 15) is 4.79 Å². The SMILES string of the molecule is Cc1cc(N2CCOCC2)ncc1N1C[C@]2(C[C@](c3ccccc3)(N(C)C)C2)NC1=O. The molecule has 3 heterocycles. The number of carbonyl (C=O) groups excluding carboxylic acids is 1. The lowest BCUT2D eigenvalue weighted by atomic mass is 9.59. The summed E-state index contributed by atoms with van der Waals surface area (Å²) in [7, 11) is 4.26. The molecule has 2 saturated heterocycles. The molecule has 5 rings (SSSR count). The molecule has 3 aliphatic rings. The van der Waals surface area contributed by atoms with Crippen molar-refractivity contribution in [2.75, 3.05) is 56.7 Å². The molecular formula is C24H31N5O2. The number of ether oxygens (including phenoxy) is 1. The topological polar surface area (TPSA) is 60.9 Å². The zero-order valence-corrected chi connectivity index (χ0v) is 18.6. The summed E-state index contributed by atoms with van der Waals surface area (Å²) >= 11 is 0. The molecule has 31 heavy (non-hydrogen) atoms. The third kappa shape index (κ3) is 3.36. The Balaban J connectivity index is 1.35. The van der Waals surface area contributed by atoms with Crippen LogP contribution in [0, 0.1) is 6.92 Å². The first-order chi connectivity index (χ1) is 14.9. The largest absolute Gasteiger partial charge is 0.378 e. The molecule has 1 aromatic carbocycles. The quantitative estimate of drug-likeness (QED) is 0.823. The number of carbonyl (C=O) groups is 1. The van der Waals surface area contributed by atoms with E-state index in [4.69, 9.17) is 4.74 Å². The molecule has 1 spiro atoms. The highest BCUT2D eigenvalue weighted by atomic mass is 16.5. The third-order valence-electron chi connectivity index (χ3n) is 7.20. The van der Waals surface area contributed by atoms with Gasteiger partial charge in [-0.2, -0.15) is 0 Å². The average Bonchev–Trinajstić information content (AvgIpc) is 3.10. The van der Waals surface area contributed by atoms with Crippen molar-refractivity contribution in [3.63, 3.8) is 0 Å². The highest BCUT2D eigenvalue weighted by Gasteiger charge is 2.61. The number of urea groups is 1. The van der Waals surface area contributed by atoms with E-state index in [1.807, 2.05) is 11.1 Å². The molecule has 3 fully saturated rings. The summed E-state index contributed by atoms with van der Waals surface area (Å²) in [5.41, 5.74) is 3.04. The molecule has 0 atom stereocenters. The van der Waals surface area contributed by atoms with Crippen molar-refractivity contribution in [2.24, 2.45) is 0 Å². The van der Waals surface area contributed by atoms with Crippen LogP contribution in [0.25, 0.3) is 0 Å². The molecule has 0 bridgehead atoms. The molecule has 1 aliphatic carbocycles. The van der Waals surface area contributed by atoms with Crippen molar-refractivity contribution in [3.8, 4) is 0 Å². The van der Waals surface area contributed by atoms with Crippen LogP contribution in [0.15, 0.2) is 42.6 Å². The molecule has 164 valence electrons. The number of aromatic nitrogens is 1. The van der Waals surface area contributed by atoms with E-state index in [1.165, 1.54) is 5.56 Å². The second-order valence-electron chi connectivity index (χ2n) is 9.37. The zero-order valence-electron chi connectivity index (χ0n) is 18.6. The number of pyridine rings is 1. The minimum Gasteiger partial charge on any atom is -0.378 e. The number of aryl methyl sites for hydroxylation is 1. The summed E-state index contributed by atoms with van der Waals surface area (Å²) in [6.07, 6.45) is 3.66. The molecule has 1 N–H and O–H groups in total. The second-order valence-corrected chi connectivity index (χ2v) is 9.37. The number of nitrogens with one attached hydrogen (secondary N) is 1. The molecule has 1 aromatic heterocycles. The first-order valence-electron chi connectivity index (χ1n) is 11.0. The lowest BCUT2D eigenvalue weighted by molar-refractivity contribution is -0.0169. The number of hydrogen-bond donors (Lipinski definition) is 1. The van der Waals surface area contributed by atoms with Crippen molar-refractivity contribution in [1.29, 1.82) is 0 Å². The lowest BCUT2D eigenvalue weighted by Gasteiger charge is -2.57. The minimum absolute atomic E-state index is 0.0237. The molecule has 1 saturated carbocycles. The van der Waals surface area contributed by atoms with Crippen LogP contribution >= 0.6 is 0 Å². The third-order valence-corrected chi connectivity index (χ3v) is 7.20. The standard InChI is InChI=1S/C24H31N5O2/c1-18-13-21(28-9-11-31-12-10-28)25-14-20(18)29-17-23(26-22(29)30)15-24(16-23,27(2)3)19-7-5-4-6-8-19/h4-8,13-14H,9-12,15-17H2,1-3H3,(H,26,30)/t23-,24+. The van der Waals surface area contributed by atoms with Gasteiger partial charge in [-0.1, -0.05) is 30.3 Å². The molecule has 7 heteroatoms. The maximum absolute atomic E-state index is 13.0. The number of amides is 2. The Morgan fingerprint density at radius 1 is 1.13 bits per heavy atom. The summed E-state index contributed by atoms with van der Waals surface area (Å²) in [4.78, 5) is 24.1. The van der Waals surface area contributed by atoms with Gasteiger partial charge in [-0.25, -0.2) is 9.78 Å². The predicted molar refractivity (Wildman–Crippen MR) is 122 cm³/mol. The van der Waals surface area contributed by atoms with Gasteiger partial charge in [0, 0.05) is 13.1 Å². The van der Waals surface area contributed by atoms with E-state index < -0.39 is 0 Å². The summed E-state index contributed by atoms with van der Waals surface area (Å²) < 4.78 is 5.44. The van der Waals surface area contributed by atoms with Crippen LogP contribution in [0.4, 0.5) is 16.3 Å². The summed E-state index contributed by atoms with van der Waals surface area (Å²) in [6.45, 7) is 5.90. The van der Waals surface area contributed by atoms with E-state index in [1.54, 1.807) is 0 Å². The van der Waals surface area contributed by atoms with Gasteiger partial charge in [-0.3, -0.25) is 9.80 Å². The van der Waals surface area contributed by atoms with Gasteiger partial charge in [0.15, 0.2) is 0 Å². The fraction of sp³-hybridized carbons (Fsp3) is 0.500. The van der Waals surface area contributed by atoms with Gasteiger partial charge >= 0.3 is 6.03 Å². The Morgan fingerprint density at radius 3 is 2.48 bits per heavy atom. The average molecular weight is 422 g/mol. The Labute approximate surface area is 184 Å². The fourth-order valence-electron chi connectivity index (χ4n) is 5.48. The molecule has 2 aliphatic heterocycles. The summed E-state index contributed by atoms with van der Waals surface area (Å²) in [5, 5.41) is 3.31. The Bertz CT molecular complexity index is 965. The van der Waals surface area contributed by atoms with E-state index >= 15 is 0 Å². The second kappa shape index (κ2) is 7.50. The van der Waals surface area contributed by atoms with Crippen LogP contribution in [-0.2, 0) is 10.3 Å². The molecular weight excluding hydrogens is 390 g/mol. The van der Waals surface area contributed by atoms with Crippen molar-refractivity contribution in [2.45, 2.75) is 30.8 Å².